The van der Waals surface area contributed by atoms with E-state index in [9.17, 15) is 24.1 Å². The third-order valence-corrected chi connectivity index (χ3v) is 2.76. The van der Waals surface area contributed by atoms with Crippen molar-refractivity contribution in [3.05, 3.63) is 55.8 Å². The number of nitrogens with zero attached hydrogens (tertiary/aromatic N) is 2. The number of H-pyrrole nitrogens is 1. The van der Waals surface area contributed by atoms with Crippen molar-refractivity contribution in [1.82, 2.24) is 9.97 Å². The van der Waals surface area contributed by atoms with E-state index in [2.05, 4.69) is 10.3 Å². The van der Waals surface area contributed by atoms with Gasteiger partial charge in [-0.1, -0.05) is 11.6 Å². The molecule has 0 atom stereocenters. The summed E-state index contributed by atoms with van der Waals surface area (Å²) in [5.74, 6) is -2.18. The first-order valence-corrected chi connectivity index (χ1v) is 6.36. The van der Waals surface area contributed by atoms with Crippen LogP contribution < -0.4 is 15.6 Å². The molecule has 120 valence electrons. The molecule has 0 bridgehead atoms. The van der Waals surface area contributed by atoms with Gasteiger partial charge in [0.25, 0.3) is 5.91 Å². The van der Waals surface area contributed by atoms with Gasteiger partial charge in [0.1, 0.15) is 5.82 Å². The maximum atomic E-state index is 13.5. The minimum Gasteiger partial charge on any atom is -0.462 e. The van der Waals surface area contributed by atoms with Crippen LogP contribution in [0, 0.1) is 15.9 Å². The standard InChI is InChI=1S/C12H8ClFN4O5/c13-6-1-2-8(7(14)3-6)17-9(19)4-23-12-10(18(21)22)11(20)15-5-16-12/h1-3,5H,4H2,(H,17,19)(H,15,16,20). The lowest BCUT2D eigenvalue weighted by molar-refractivity contribution is -0.387. The van der Waals surface area contributed by atoms with Crippen LogP contribution >= 0.6 is 11.6 Å². The molecule has 9 nitrogen and oxygen atoms in total. The van der Waals surface area contributed by atoms with Gasteiger partial charge in [-0.05, 0) is 18.2 Å². The molecule has 0 aliphatic heterocycles. The summed E-state index contributed by atoms with van der Waals surface area (Å²) in [6.45, 7) is -0.709. The van der Waals surface area contributed by atoms with Crippen molar-refractivity contribution in [2.24, 2.45) is 0 Å². The van der Waals surface area contributed by atoms with Crippen LogP contribution in [-0.2, 0) is 4.79 Å². The number of ether oxygens (including phenoxy) is 1. The van der Waals surface area contributed by atoms with E-state index in [0.29, 0.717) is 0 Å². The Balaban J connectivity index is 2.07. The zero-order chi connectivity index (χ0) is 17.0. The molecule has 0 radical (unpaired) electrons. The second kappa shape index (κ2) is 6.83. The first kappa shape index (κ1) is 16.4. The van der Waals surface area contributed by atoms with E-state index < -0.39 is 40.4 Å². The summed E-state index contributed by atoms with van der Waals surface area (Å²) in [4.78, 5) is 38.2. The number of nitro groups is 1. The average molecular weight is 343 g/mol. The molecule has 11 heteroatoms. The van der Waals surface area contributed by atoms with Crippen LogP contribution in [0.5, 0.6) is 5.88 Å². The van der Waals surface area contributed by atoms with Crippen LogP contribution in [-0.4, -0.2) is 27.4 Å². The minimum absolute atomic E-state index is 0.142. The number of hydrogen-bond acceptors (Lipinski definition) is 6. The monoisotopic (exact) mass is 342 g/mol. The van der Waals surface area contributed by atoms with Crippen molar-refractivity contribution in [2.45, 2.75) is 0 Å². The number of aromatic amines is 1. The first-order chi connectivity index (χ1) is 10.9. The molecule has 2 aromatic rings. The SMILES string of the molecule is O=C(COc1nc[nH]c(=O)c1[N+](=O)[O-])Nc1ccc(Cl)cc1F. The van der Waals surface area contributed by atoms with Gasteiger partial charge in [0, 0.05) is 5.02 Å². The molecule has 0 saturated heterocycles. The summed E-state index contributed by atoms with van der Waals surface area (Å²) in [5, 5.41) is 13.1. The van der Waals surface area contributed by atoms with Gasteiger partial charge in [0.05, 0.1) is 16.9 Å². The molecule has 0 aliphatic carbocycles. The third kappa shape index (κ3) is 4.01. The fraction of sp³-hybridized carbons (Fsp3) is 0.0833. The second-order valence-electron chi connectivity index (χ2n) is 4.10. The van der Waals surface area contributed by atoms with Gasteiger partial charge in [-0.3, -0.25) is 19.7 Å². The largest absolute Gasteiger partial charge is 0.462 e. The summed E-state index contributed by atoms with van der Waals surface area (Å²) in [5.41, 5.74) is -2.10. The van der Waals surface area contributed by atoms with Gasteiger partial charge in [-0.25, -0.2) is 4.39 Å². The molecule has 1 aromatic carbocycles. The Kier molecular flexibility index (Phi) is 4.86. The highest BCUT2D eigenvalue weighted by Crippen LogP contribution is 2.20. The molecule has 0 saturated carbocycles. The number of carbonyl (C=O) groups excluding carboxylic acids is 1. The Bertz CT molecular complexity index is 825. The van der Waals surface area contributed by atoms with Crippen LogP contribution in [0.3, 0.4) is 0 Å². The molecule has 1 heterocycles. The van der Waals surface area contributed by atoms with Crippen molar-refractivity contribution >= 4 is 28.9 Å². The van der Waals surface area contributed by atoms with Crippen LogP contribution in [0.4, 0.5) is 15.8 Å². The molecule has 1 aromatic heterocycles. The molecule has 0 fully saturated rings. The van der Waals surface area contributed by atoms with Crippen molar-refractivity contribution < 1.29 is 18.8 Å². The van der Waals surface area contributed by atoms with Crippen molar-refractivity contribution in [1.29, 1.82) is 0 Å². The fourth-order valence-electron chi connectivity index (χ4n) is 1.55. The lowest BCUT2D eigenvalue weighted by Crippen LogP contribution is -2.23. The first-order valence-electron chi connectivity index (χ1n) is 5.98. The summed E-state index contributed by atoms with van der Waals surface area (Å²) in [6.07, 6.45) is 0.890. The lowest BCUT2D eigenvalue weighted by atomic mass is 10.3. The Labute approximate surface area is 132 Å². The van der Waals surface area contributed by atoms with E-state index in [-0.39, 0.29) is 10.7 Å². The van der Waals surface area contributed by atoms with Crippen LogP contribution in [0.1, 0.15) is 0 Å². The van der Waals surface area contributed by atoms with E-state index in [1.54, 1.807) is 0 Å². The lowest BCUT2D eigenvalue weighted by Gasteiger charge is -2.07. The molecule has 2 rings (SSSR count). The summed E-state index contributed by atoms with van der Waals surface area (Å²) >= 11 is 5.57. The van der Waals surface area contributed by atoms with Gasteiger partial charge < -0.3 is 15.0 Å². The Hall–Kier alpha value is -3.01. The maximum Gasteiger partial charge on any atom is 0.395 e. The number of aromatic nitrogens is 2. The number of hydrogen-bond donors (Lipinski definition) is 2. The van der Waals surface area contributed by atoms with E-state index in [1.165, 1.54) is 12.1 Å². The molecule has 0 aliphatic rings. The molecule has 0 unspecified atom stereocenters. The average Bonchev–Trinajstić information content (AvgIpc) is 2.47. The predicted octanol–water partition coefficient (Wildman–Crippen LogP) is 1.49. The minimum atomic E-state index is -1.02. The van der Waals surface area contributed by atoms with Gasteiger partial charge in [-0.2, -0.15) is 4.98 Å². The molecule has 2 N–H and O–H groups in total. The van der Waals surface area contributed by atoms with Crippen LogP contribution in [0.2, 0.25) is 5.02 Å². The van der Waals surface area contributed by atoms with Gasteiger partial charge in [0.15, 0.2) is 6.61 Å². The van der Waals surface area contributed by atoms with Gasteiger partial charge in [0.2, 0.25) is 0 Å². The van der Waals surface area contributed by atoms with Crippen molar-refractivity contribution in [2.75, 3.05) is 11.9 Å². The predicted molar refractivity (Wildman–Crippen MR) is 77.0 cm³/mol. The Morgan fingerprint density at radius 1 is 1.52 bits per heavy atom. The zero-order valence-corrected chi connectivity index (χ0v) is 12.0. The van der Waals surface area contributed by atoms with Gasteiger partial charge in [-0.15, -0.1) is 0 Å². The van der Waals surface area contributed by atoms with Crippen molar-refractivity contribution in [3.63, 3.8) is 0 Å². The number of rotatable bonds is 5. The number of nitrogens with one attached hydrogen (secondary N) is 2. The van der Waals surface area contributed by atoms with E-state index in [0.717, 1.165) is 12.4 Å². The topological polar surface area (TPSA) is 127 Å². The zero-order valence-electron chi connectivity index (χ0n) is 11.2. The quantitative estimate of drug-likeness (QED) is 0.626. The number of halogens is 2. The third-order valence-electron chi connectivity index (χ3n) is 2.52. The number of anilines is 1. The number of benzene rings is 1. The number of amides is 1. The molecular formula is C12H8ClFN4O5. The summed E-state index contributed by atoms with van der Waals surface area (Å²) in [6, 6.07) is 3.61. The smallest absolute Gasteiger partial charge is 0.395 e. The van der Waals surface area contributed by atoms with Crippen molar-refractivity contribution in [3.8, 4) is 5.88 Å². The van der Waals surface area contributed by atoms with Crippen LogP contribution in [0.25, 0.3) is 0 Å². The Morgan fingerprint density at radius 3 is 2.91 bits per heavy atom. The normalized spacial score (nSPS) is 10.2. The highest BCUT2D eigenvalue weighted by molar-refractivity contribution is 6.30. The molecule has 23 heavy (non-hydrogen) atoms. The Morgan fingerprint density at radius 2 is 2.26 bits per heavy atom. The van der Waals surface area contributed by atoms with Gasteiger partial charge >= 0.3 is 17.1 Å². The summed E-state index contributed by atoms with van der Waals surface area (Å²) in [7, 11) is 0. The highest BCUT2D eigenvalue weighted by Gasteiger charge is 2.23. The summed E-state index contributed by atoms with van der Waals surface area (Å²) < 4.78 is 18.4. The van der Waals surface area contributed by atoms with Crippen LogP contribution in [0.15, 0.2) is 29.3 Å². The molecule has 0 spiro atoms. The maximum absolute atomic E-state index is 13.5. The molecular weight excluding hydrogens is 335 g/mol. The van der Waals surface area contributed by atoms with E-state index >= 15 is 0 Å². The highest BCUT2D eigenvalue weighted by atomic mass is 35.5. The fourth-order valence-corrected chi connectivity index (χ4v) is 1.71. The van der Waals surface area contributed by atoms with E-state index in [1.807, 2.05) is 4.98 Å². The number of carbonyl (C=O) groups is 1. The molecule has 1 amide bonds. The second-order valence-corrected chi connectivity index (χ2v) is 4.54. The van der Waals surface area contributed by atoms with E-state index in [4.69, 9.17) is 16.3 Å².